The number of rotatable bonds is 2. The number of aryl methyl sites for hydroxylation is 1. The molecule has 0 radical (unpaired) electrons. The fourth-order valence-electron chi connectivity index (χ4n) is 2.45. The number of benzene rings is 1. The van der Waals surface area contributed by atoms with Crippen LogP contribution in [0.15, 0.2) is 23.2 Å². The largest absolute Gasteiger partial charge is 0.416 e. The highest BCUT2D eigenvalue weighted by Crippen LogP contribution is 2.34. The number of nitrogens with zero attached hydrogens (tertiary/aromatic N) is 1. The Balaban J connectivity index is 2.28. The van der Waals surface area contributed by atoms with Crippen LogP contribution in [0.5, 0.6) is 0 Å². The lowest BCUT2D eigenvalue weighted by molar-refractivity contribution is -0.138. The average Bonchev–Trinajstić information content (AvgIpc) is 2.83. The number of alkyl halides is 3. The van der Waals surface area contributed by atoms with E-state index in [1.807, 2.05) is 0 Å². The molecule has 0 atom stereocenters. The highest BCUT2D eigenvalue weighted by atomic mass is 19.4. The quantitative estimate of drug-likeness (QED) is 0.635. The minimum Gasteiger partial charge on any atom is -0.387 e. The van der Waals surface area contributed by atoms with Crippen molar-refractivity contribution in [2.75, 3.05) is 0 Å². The molecule has 5 heteroatoms. The first-order chi connectivity index (χ1) is 8.88. The molecule has 1 aliphatic carbocycles. The predicted molar refractivity (Wildman–Crippen MR) is 69.4 cm³/mol. The van der Waals surface area contributed by atoms with Crippen LogP contribution in [-0.2, 0) is 6.18 Å². The van der Waals surface area contributed by atoms with Gasteiger partial charge in [-0.2, -0.15) is 13.2 Å². The van der Waals surface area contributed by atoms with E-state index in [1.165, 1.54) is 13.0 Å². The van der Waals surface area contributed by atoms with E-state index >= 15 is 0 Å². The molecule has 0 unspecified atom stereocenters. The van der Waals surface area contributed by atoms with Crippen molar-refractivity contribution in [3.8, 4) is 0 Å². The fourth-order valence-corrected chi connectivity index (χ4v) is 2.45. The molecule has 1 saturated carbocycles. The maximum Gasteiger partial charge on any atom is 0.416 e. The Kier molecular flexibility index (Phi) is 3.83. The van der Waals surface area contributed by atoms with Crippen LogP contribution in [0.25, 0.3) is 0 Å². The summed E-state index contributed by atoms with van der Waals surface area (Å²) in [5.41, 5.74) is 5.71. The molecule has 0 spiro atoms. The van der Waals surface area contributed by atoms with E-state index in [-0.39, 0.29) is 17.2 Å². The van der Waals surface area contributed by atoms with Crippen LogP contribution < -0.4 is 5.73 Å². The summed E-state index contributed by atoms with van der Waals surface area (Å²) < 4.78 is 38.4. The smallest absolute Gasteiger partial charge is 0.387 e. The molecular formula is C14H17F3N2. The van der Waals surface area contributed by atoms with Crippen LogP contribution in [0.3, 0.4) is 0 Å². The van der Waals surface area contributed by atoms with E-state index in [1.54, 1.807) is 6.07 Å². The second-order valence-corrected chi connectivity index (χ2v) is 5.02. The molecule has 1 aromatic rings. The average molecular weight is 270 g/mol. The third-order valence-electron chi connectivity index (χ3n) is 3.56. The van der Waals surface area contributed by atoms with Crippen LogP contribution in [-0.4, -0.2) is 5.84 Å². The number of hydrogen-bond acceptors (Lipinski definition) is 1. The van der Waals surface area contributed by atoms with E-state index < -0.39 is 11.7 Å². The van der Waals surface area contributed by atoms with Crippen molar-refractivity contribution in [3.63, 3.8) is 0 Å². The molecule has 104 valence electrons. The maximum absolute atomic E-state index is 12.8. The zero-order chi connectivity index (χ0) is 14.0. The summed E-state index contributed by atoms with van der Waals surface area (Å²) in [7, 11) is 0. The number of aliphatic imine (C=N–C) groups is 1. The number of halogens is 3. The Labute approximate surface area is 110 Å². The van der Waals surface area contributed by atoms with Gasteiger partial charge in [-0.3, -0.25) is 0 Å². The van der Waals surface area contributed by atoms with Gasteiger partial charge in [0, 0.05) is 5.92 Å². The van der Waals surface area contributed by atoms with Gasteiger partial charge in [-0.15, -0.1) is 0 Å². The molecule has 2 rings (SSSR count). The van der Waals surface area contributed by atoms with E-state index in [9.17, 15) is 13.2 Å². The molecule has 0 bridgehead atoms. The highest BCUT2D eigenvalue weighted by molar-refractivity contribution is 5.85. The third-order valence-corrected chi connectivity index (χ3v) is 3.56. The topological polar surface area (TPSA) is 38.4 Å². The first kappa shape index (κ1) is 13.9. The van der Waals surface area contributed by atoms with Crippen LogP contribution in [0.1, 0.15) is 36.8 Å². The lowest BCUT2D eigenvalue weighted by Gasteiger charge is -2.12. The van der Waals surface area contributed by atoms with Gasteiger partial charge in [0.05, 0.1) is 11.3 Å². The van der Waals surface area contributed by atoms with Crippen molar-refractivity contribution < 1.29 is 13.2 Å². The molecule has 0 aromatic heterocycles. The van der Waals surface area contributed by atoms with Crippen LogP contribution in [0, 0.1) is 12.8 Å². The van der Waals surface area contributed by atoms with Crippen LogP contribution in [0.2, 0.25) is 0 Å². The standard InChI is InChI=1S/C14H17F3N2/c1-9-6-7-11(8-12(9)14(15,16)17)19-13(18)10-4-2-3-5-10/h6-8,10H,2-5H2,1H3,(H2,18,19). The second kappa shape index (κ2) is 5.23. The molecule has 0 heterocycles. The number of nitrogens with two attached hydrogens (primary N) is 1. The van der Waals surface area contributed by atoms with Crippen molar-refractivity contribution in [1.29, 1.82) is 0 Å². The Morgan fingerprint density at radius 1 is 1.26 bits per heavy atom. The summed E-state index contributed by atoms with van der Waals surface area (Å²) in [6.07, 6.45) is -0.163. The summed E-state index contributed by atoms with van der Waals surface area (Å²) in [5.74, 6) is 0.671. The molecule has 0 aliphatic heterocycles. The van der Waals surface area contributed by atoms with Crippen LogP contribution >= 0.6 is 0 Å². The summed E-state index contributed by atoms with van der Waals surface area (Å²) >= 11 is 0. The summed E-state index contributed by atoms with van der Waals surface area (Å²) in [4.78, 5) is 4.15. The first-order valence-corrected chi connectivity index (χ1v) is 6.40. The summed E-state index contributed by atoms with van der Waals surface area (Å²) in [5, 5.41) is 0. The van der Waals surface area contributed by atoms with Gasteiger partial charge in [-0.1, -0.05) is 18.9 Å². The molecule has 2 nitrogen and oxygen atoms in total. The van der Waals surface area contributed by atoms with Gasteiger partial charge in [0.1, 0.15) is 5.84 Å². The fraction of sp³-hybridized carbons (Fsp3) is 0.500. The third kappa shape index (κ3) is 3.28. The Bertz CT molecular complexity index is 486. The van der Waals surface area contributed by atoms with Gasteiger partial charge in [0.15, 0.2) is 0 Å². The molecule has 0 saturated heterocycles. The van der Waals surface area contributed by atoms with Crippen LogP contribution in [0.4, 0.5) is 18.9 Å². The van der Waals surface area contributed by atoms with E-state index in [4.69, 9.17) is 5.73 Å². The van der Waals surface area contributed by atoms with Gasteiger partial charge in [0.25, 0.3) is 0 Å². The SMILES string of the molecule is Cc1ccc(N=C(N)C2CCCC2)cc1C(F)(F)F. The van der Waals surface area contributed by atoms with Gasteiger partial charge in [-0.25, -0.2) is 4.99 Å². The highest BCUT2D eigenvalue weighted by Gasteiger charge is 2.32. The second-order valence-electron chi connectivity index (χ2n) is 5.02. The molecule has 1 fully saturated rings. The maximum atomic E-state index is 12.8. The lowest BCUT2D eigenvalue weighted by Crippen LogP contribution is -2.20. The minimum atomic E-state index is -4.35. The van der Waals surface area contributed by atoms with Gasteiger partial charge in [0.2, 0.25) is 0 Å². The molecule has 1 aliphatic rings. The van der Waals surface area contributed by atoms with Crippen molar-refractivity contribution in [1.82, 2.24) is 0 Å². The molecule has 0 amide bonds. The summed E-state index contributed by atoms with van der Waals surface area (Å²) in [6, 6.07) is 4.08. The molecule has 2 N–H and O–H groups in total. The normalized spacial score (nSPS) is 18.0. The van der Waals surface area contributed by atoms with E-state index in [0.29, 0.717) is 5.84 Å². The van der Waals surface area contributed by atoms with E-state index in [2.05, 4.69) is 4.99 Å². The van der Waals surface area contributed by atoms with Crippen molar-refractivity contribution >= 4 is 11.5 Å². The Hall–Kier alpha value is -1.52. The van der Waals surface area contributed by atoms with Gasteiger partial charge in [-0.05, 0) is 37.5 Å². The van der Waals surface area contributed by atoms with Crippen molar-refractivity contribution in [2.24, 2.45) is 16.6 Å². The minimum absolute atomic E-state index is 0.200. The monoisotopic (exact) mass is 270 g/mol. The molecule has 19 heavy (non-hydrogen) atoms. The van der Waals surface area contributed by atoms with Gasteiger partial charge >= 0.3 is 6.18 Å². The number of hydrogen-bond donors (Lipinski definition) is 1. The Morgan fingerprint density at radius 2 is 1.89 bits per heavy atom. The lowest BCUT2D eigenvalue weighted by atomic mass is 10.1. The Morgan fingerprint density at radius 3 is 2.47 bits per heavy atom. The van der Waals surface area contributed by atoms with E-state index in [0.717, 1.165) is 31.7 Å². The number of amidine groups is 1. The van der Waals surface area contributed by atoms with Crippen molar-refractivity contribution in [3.05, 3.63) is 29.3 Å². The predicted octanol–water partition coefficient (Wildman–Crippen LogP) is 4.19. The molecular weight excluding hydrogens is 253 g/mol. The zero-order valence-electron chi connectivity index (χ0n) is 10.8. The first-order valence-electron chi connectivity index (χ1n) is 6.40. The zero-order valence-corrected chi connectivity index (χ0v) is 10.8. The van der Waals surface area contributed by atoms with Crippen molar-refractivity contribution in [2.45, 2.75) is 38.8 Å². The summed E-state index contributed by atoms with van der Waals surface area (Å²) in [6.45, 7) is 1.44. The van der Waals surface area contributed by atoms with Gasteiger partial charge < -0.3 is 5.73 Å². The molecule has 1 aromatic carbocycles.